The van der Waals surface area contributed by atoms with Gasteiger partial charge < -0.3 is 14.5 Å². The fraction of sp³-hybridized carbons (Fsp3) is 0.267. The fourth-order valence-corrected chi connectivity index (χ4v) is 2.03. The van der Waals surface area contributed by atoms with Gasteiger partial charge in [0.05, 0.1) is 12.8 Å². The Balaban J connectivity index is 2.32. The van der Waals surface area contributed by atoms with Gasteiger partial charge in [-0.3, -0.25) is 4.79 Å². The Kier molecular flexibility index (Phi) is 4.73. The lowest BCUT2D eigenvalue weighted by atomic mass is 10.1. The van der Waals surface area contributed by atoms with E-state index in [2.05, 4.69) is 15.0 Å². The number of nitrogens with zero attached hydrogens (tertiary/aromatic N) is 1. The van der Waals surface area contributed by atoms with E-state index in [-0.39, 0.29) is 17.2 Å². The smallest absolute Gasteiger partial charge is 0.333 e. The number of amides is 1. The van der Waals surface area contributed by atoms with Crippen molar-refractivity contribution < 1.29 is 27.5 Å². The van der Waals surface area contributed by atoms with Crippen molar-refractivity contribution in [2.75, 3.05) is 7.11 Å². The van der Waals surface area contributed by atoms with Crippen molar-refractivity contribution in [2.24, 2.45) is 0 Å². The van der Waals surface area contributed by atoms with Crippen LogP contribution in [-0.4, -0.2) is 24.0 Å². The van der Waals surface area contributed by atoms with Gasteiger partial charge in [-0.05, 0) is 24.6 Å². The highest BCUT2D eigenvalue weighted by Gasteiger charge is 2.27. The van der Waals surface area contributed by atoms with Crippen molar-refractivity contribution in [2.45, 2.75) is 19.9 Å². The first-order valence-corrected chi connectivity index (χ1v) is 6.61. The summed E-state index contributed by atoms with van der Waals surface area (Å²) in [6.07, 6.45) is 0. The number of rotatable bonds is 4. The number of ether oxygens (including phenoxy) is 1. The van der Waals surface area contributed by atoms with Crippen LogP contribution in [0.4, 0.5) is 8.78 Å². The van der Waals surface area contributed by atoms with Crippen molar-refractivity contribution in [1.29, 1.82) is 0 Å². The van der Waals surface area contributed by atoms with E-state index in [9.17, 15) is 18.4 Å². The van der Waals surface area contributed by atoms with E-state index in [4.69, 9.17) is 4.42 Å². The Labute approximate surface area is 130 Å². The maximum Gasteiger partial charge on any atom is 0.333 e. The maximum atomic E-state index is 13.4. The molecule has 0 aliphatic heterocycles. The maximum absolute atomic E-state index is 13.4. The Morgan fingerprint density at radius 3 is 2.48 bits per heavy atom. The molecule has 0 aliphatic carbocycles. The van der Waals surface area contributed by atoms with Crippen LogP contribution in [0, 0.1) is 25.5 Å². The van der Waals surface area contributed by atoms with Gasteiger partial charge in [0.2, 0.25) is 5.76 Å². The fourth-order valence-electron chi connectivity index (χ4n) is 2.03. The van der Waals surface area contributed by atoms with Crippen LogP contribution in [0.3, 0.4) is 0 Å². The Morgan fingerprint density at radius 1 is 1.26 bits per heavy atom. The topological polar surface area (TPSA) is 81.4 Å². The quantitative estimate of drug-likeness (QED) is 0.872. The molecule has 1 aromatic carbocycles. The zero-order chi connectivity index (χ0) is 17.1. The number of hydrogen-bond donors (Lipinski definition) is 1. The van der Waals surface area contributed by atoms with Gasteiger partial charge in [0, 0.05) is 6.92 Å². The van der Waals surface area contributed by atoms with Gasteiger partial charge >= 0.3 is 5.97 Å². The van der Waals surface area contributed by atoms with E-state index in [1.807, 2.05) is 0 Å². The van der Waals surface area contributed by atoms with Crippen LogP contribution in [0.15, 0.2) is 22.6 Å². The van der Waals surface area contributed by atoms with Crippen molar-refractivity contribution in [3.63, 3.8) is 0 Å². The molecule has 1 N–H and O–H groups in total. The summed E-state index contributed by atoms with van der Waals surface area (Å²) >= 11 is 0. The average Bonchev–Trinajstić information content (AvgIpc) is 2.85. The SMILES string of the molecule is COC(=O)[C@@H](NC(=O)c1oc(C)nc1C)c1ccc(F)c(F)c1. The minimum absolute atomic E-state index is 0.0398. The number of methoxy groups -OCH3 is 1. The number of esters is 1. The molecule has 2 rings (SSSR count). The van der Waals surface area contributed by atoms with E-state index in [0.717, 1.165) is 19.2 Å². The molecule has 0 aliphatic rings. The highest BCUT2D eigenvalue weighted by Crippen LogP contribution is 2.19. The van der Waals surface area contributed by atoms with Gasteiger partial charge in [-0.2, -0.15) is 0 Å². The molecule has 8 heteroatoms. The van der Waals surface area contributed by atoms with Crippen LogP contribution in [0.5, 0.6) is 0 Å². The first-order valence-electron chi connectivity index (χ1n) is 6.61. The van der Waals surface area contributed by atoms with Crippen LogP contribution < -0.4 is 5.32 Å². The largest absolute Gasteiger partial charge is 0.467 e. The molecule has 1 atom stereocenters. The molecule has 0 radical (unpaired) electrons. The lowest BCUT2D eigenvalue weighted by molar-refractivity contribution is -0.143. The number of benzene rings is 1. The first-order chi connectivity index (χ1) is 10.8. The normalized spacial score (nSPS) is 11.9. The minimum Gasteiger partial charge on any atom is -0.467 e. The lowest BCUT2D eigenvalue weighted by Crippen LogP contribution is -2.34. The lowest BCUT2D eigenvalue weighted by Gasteiger charge is -2.16. The number of carbonyl (C=O) groups excluding carboxylic acids is 2. The van der Waals surface area contributed by atoms with Gasteiger partial charge in [0.15, 0.2) is 23.6 Å². The Hall–Kier alpha value is -2.77. The molecule has 0 fully saturated rings. The number of carbonyl (C=O) groups is 2. The predicted molar refractivity (Wildman–Crippen MR) is 74.6 cm³/mol. The molecule has 1 amide bonds. The zero-order valence-electron chi connectivity index (χ0n) is 12.6. The number of hydrogen-bond acceptors (Lipinski definition) is 5. The number of nitrogens with one attached hydrogen (secondary N) is 1. The molecule has 0 bridgehead atoms. The summed E-state index contributed by atoms with van der Waals surface area (Å²) in [6.45, 7) is 3.13. The second-order valence-corrected chi connectivity index (χ2v) is 4.75. The van der Waals surface area contributed by atoms with E-state index in [1.165, 1.54) is 6.07 Å². The van der Waals surface area contributed by atoms with Gasteiger partial charge in [-0.15, -0.1) is 0 Å². The standard InChI is InChI=1S/C15H14F2N2O4/c1-7-13(23-8(2)18-7)14(20)19-12(15(21)22-3)9-4-5-10(16)11(17)6-9/h4-6,12H,1-3H3,(H,19,20)/t12-/m0/s1. The molecule has 2 aromatic rings. The molecule has 0 saturated carbocycles. The molecule has 0 unspecified atom stereocenters. The monoisotopic (exact) mass is 324 g/mol. The highest BCUT2D eigenvalue weighted by molar-refractivity contribution is 5.95. The molecular formula is C15H14F2N2O4. The van der Waals surface area contributed by atoms with Gasteiger partial charge in [0.1, 0.15) is 0 Å². The summed E-state index contributed by atoms with van der Waals surface area (Å²) < 4.78 is 36.1. The third-order valence-electron chi connectivity index (χ3n) is 3.10. The molecule has 6 nitrogen and oxygen atoms in total. The highest BCUT2D eigenvalue weighted by atomic mass is 19.2. The van der Waals surface area contributed by atoms with Crippen LogP contribution in [0.2, 0.25) is 0 Å². The number of halogens is 2. The van der Waals surface area contributed by atoms with E-state index < -0.39 is 29.6 Å². The van der Waals surface area contributed by atoms with Crippen molar-refractivity contribution >= 4 is 11.9 Å². The molecule has 0 spiro atoms. The summed E-state index contributed by atoms with van der Waals surface area (Å²) in [6, 6.07) is 1.54. The van der Waals surface area contributed by atoms with Crippen molar-refractivity contribution in [3.8, 4) is 0 Å². The molecule has 23 heavy (non-hydrogen) atoms. The van der Waals surface area contributed by atoms with Gasteiger partial charge in [-0.25, -0.2) is 18.6 Å². The summed E-state index contributed by atoms with van der Waals surface area (Å²) in [7, 11) is 1.12. The minimum atomic E-state index is -1.31. The van der Waals surface area contributed by atoms with Crippen LogP contribution in [-0.2, 0) is 9.53 Å². The van der Waals surface area contributed by atoms with Gasteiger partial charge in [-0.1, -0.05) is 6.07 Å². The summed E-state index contributed by atoms with van der Waals surface area (Å²) in [5, 5.41) is 2.36. The van der Waals surface area contributed by atoms with Crippen LogP contribution in [0.1, 0.15) is 33.7 Å². The van der Waals surface area contributed by atoms with Gasteiger partial charge in [0.25, 0.3) is 5.91 Å². The summed E-state index contributed by atoms with van der Waals surface area (Å²) in [5.74, 6) is -3.54. The molecule has 122 valence electrons. The van der Waals surface area contributed by atoms with Crippen molar-refractivity contribution in [1.82, 2.24) is 10.3 Å². The molecule has 1 heterocycles. The Morgan fingerprint density at radius 2 is 1.96 bits per heavy atom. The second-order valence-electron chi connectivity index (χ2n) is 4.75. The third kappa shape index (κ3) is 3.53. The zero-order valence-corrected chi connectivity index (χ0v) is 12.6. The van der Waals surface area contributed by atoms with Crippen molar-refractivity contribution in [3.05, 3.63) is 52.7 Å². The van der Waals surface area contributed by atoms with E-state index >= 15 is 0 Å². The number of aromatic nitrogens is 1. The Bertz CT molecular complexity index is 758. The van der Waals surface area contributed by atoms with Crippen LogP contribution >= 0.6 is 0 Å². The summed E-state index contributed by atoms with van der Waals surface area (Å²) in [4.78, 5) is 28.0. The predicted octanol–water partition coefficient (Wildman–Crippen LogP) is 2.21. The second kappa shape index (κ2) is 6.55. The summed E-state index contributed by atoms with van der Waals surface area (Å²) in [5.41, 5.74) is 0.381. The molecular weight excluding hydrogens is 310 g/mol. The van der Waals surface area contributed by atoms with Crippen LogP contribution in [0.25, 0.3) is 0 Å². The third-order valence-corrected chi connectivity index (χ3v) is 3.10. The number of aryl methyl sites for hydroxylation is 2. The van der Waals surface area contributed by atoms with E-state index in [1.54, 1.807) is 13.8 Å². The molecule has 1 aromatic heterocycles. The first kappa shape index (κ1) is 16.6. The van der Waals surface area contributed by atoms with E-state index in [0.29, 0.717) is 5.69 Å². The number of oxazole rings is 1. The average molecular weight is 324 g/mol. The molecule has 0 saturated heterocycles.